The minimum atomic E-state index is -0.0388. The third-order valence-corrected chi connectivity index (χ3v) is 5.25. The summed E-state index contributed by atoms with van der Waals surface area (Å²) in [5.41, 5.74) is 10.0. The predicted octanol–water partition coefficient (Wildman–Crippen LogP) is 2.80. The highest BCUT2D eigenvalue weighted by Gasteiger charge is 2.25. The van der Waals surface area contributed by atoms with E-state index in [9.17, 15) is 4.79 Å². The summed E-state index contributed by atoms with van der Waals surface area (Å²) < 4.78 is 5.80. The number of nitrogens with one attached hydrogen (secondary N) is 1. The van der Waals surface area contributed by atoms with E-state index < -0.39 is 0 Å². The molecule has 4 heterocycles. The largest absolute Gasteiger partial charge is 0.439 e. The zero-order chi connectivity index (χ0) is 20.5. The van der Waals surface area contributed by atoms with E-state index in [4.69, 9.17) is 10.5 Å². The van der Waals surface area contributed by atoms with Gasteiger partial charge in [0.2, 0.25) is 5.88 Å². The maximum absolute atomic E-state index is 13.1. The number of aromatic amines is 1. The standard InChI is InChI=1S/C22H20N6O2/c23-11-15-10-20(26-13-25-15)30-16-4-1-3-14(9-16)22(29)28-8-6-17-18-5-2-7-24-21(18)27-19(17)12-28/h1-5,7,9-10,13H,6,8,11-12,23H2,(H,24,27). The molecule has 0 spiro atoms. The number of ether oxygens (including phenoxy) is 1. The van der Waals surface area contributed by atoms with Crippen LogP contribution >= 0.6 is 0 Å². The van der Waals surface area contributed by atoms with Crippen LogP contribution < -0.4 is 10.5 Å². The molecular weight excluding hydrogens is 380 g/mol. The average Bonchev–Trinajstić information content (AvgIpc) is 3.16. The van der Waals surface area contributed by atoms with Crippen molar-refractivity contribution in [3.63, 3.8) is 0 Å². The van der Waals surface area contributed by atoms with Crippen LogP contribution in [0.4, 0.5) is 0 Å². The monoisotopic (exact) mass is 400 g/mol. The number of hydrogen-bond acceptors (Lipinski definition) is 6. The zero-order valence-electron chi connectivity index (χ0n) is 16.2. The zero-order valence-corrected chi connectivity index (χ0v) is 16.2. The van der Waals surface area contributed by atoms with Gasteiger partial charge < -0.3 is 20.4 Å². The Morgan fingerprint density at radius 3 is 3.00 bits per heavy atom. The highest BCUT2D eigenvalue weighted by molar-refractivity contribution is 5.95. The number of amides is 1. The Kier molecular flexibility index (Phi) is 4.61. The second-order valence-corrected chi connectivity index (χ2v) is 7.14. The molecule has 0 radical (unpaired) electrons. The summed E-state index contributed by atoms with van der Waals surface area (Å²) in [5, 5.41) is 1.14. The molecule has 1 amide bonds. The number of carbonyl (C=O) groups is 1. The lowest BCUT2D eigenvalue weighted by Gasteiger charge is -2.27. The van der Waals surface area contributed by atoms with Crippen molar-refractivity contribution >= 4 is 16.9 Å². The summed E-state index contributed by atoms with van der Waals surface area (Å²) in [6, 6.07) is 12.8. The Hall–Kier alpha value is -3.78. The first kappa shape index (κ1) is 18.3. The van der Waals surface area contributed by atoms with Crippen molar-refractivity contribution in [1.29, 1.82) is 0 Å². The van der Waals surface area contributed by atoms with Gasteiger partial charge in [-0.15, -0.1) is 0 Å². The van der Waals surface area contributed by atoms with E-state index in [-0.39, 0.29) is 5.91 Å². The van der Waals surface area contributed by atoms with Crippen LogP contribution in [-0.4, -0.2) is 37.3 Å². The molecule has 1 aromatic carbocycles. The number of carbonyl (C=O) groups excluding carboxylic acids is 1. The minimum Gasteiger partial charge on any atom is -0.439 e. The van der Waals surface area contributed by atoms with Crippen molar-refractivity contribution < 1.29 is 9.53 Å². The Morgan fingerprint density at radius 1 is 1.17 bits per heavy atom. The molecule has 150 valence electrons. The van der Waals surface area contributed by atoms with Gasteiger partial charge in [0.05, 0.1) is 12.2 Å². The summed E-state index contributed by atoms with van der Waals surface area (Å²) in [7, 11) is 0. The molecule has 0 saturated carbocycles. The second kappa shape index (κ2) is 7.57. The summed E-state index contributed by atoms with van der Waals surface area (Å²) in [5.74, 6) is 0.890. The van der Waals surface area contributed by atoms with E-state index in [1.165, 1.54) is 11.9 Å². The number of rotatable bonds is 4. The quantitative estimate of drug-likeness (QED) is 0.545. The van der Waals surface area contributed by atoms with Crippen molar-refractivity contribution in [3.8, 4) is 11.6 Å². The molecule has 8 heteroatoms. The van der Waals surface area contributed by atoms with Gasteiger partial charge in [-0.2, -0.15) is 0 Å². The van der Waals surface area contributed by atoms with Crippen LogP contribution in [0.5, 0.6) is 11.6 Å². The van der Waals surface area contributed by atoms with Crippen LogP contribution in [0.3, 0.4) is 0 Å². The van der Waals surface area contributed by atoms with Crippen LogP contribution in [0.1, 0.15) is 27.3 Å². The van der Waals surface area contributed by atoms with Crippen molar-refractivity contribution in [2.75, 3.05) is 6.54 Å². The first-order valence-electron chi connectivity index (χ1n) is 9.74. The molecule has 1 aliphatic heterocycles. The molecule has 0 atom stereocenters. The fourth-order valence-electron chi connectivity index (χ4n) is 3.78. The van der Waals surface area contributed by atoms with Gasteiger partial charge in [0.25, 0.3) is 5.91 Å². The fourth-order valence-corrected chi connectivity index (χ4v) is 3.78. The van der Waals surface area contributed by atoms with Gasteiger partial charge in [0.1, 0.15) is 17.7 Å². The molecule has 3 N–H and O–H groups in total. The molecule has 8 nitrogen and oxygen atoms in total. The first-order chi connectivity index (χ1) is 14.7. The lowest BCUT2D eigenvalue weighted by atomic mass is 10.0. The third-order valence-electron chi connectivity index (χ3n) is 5.25. The average molecular weight is 400 g/mol. The van der Waals surface area contributed by atoms with Gasteiger partial charge in [-0.3, -0.25) is 4.79 Å². The van der Waals surface area contributed by atoms with Gasteiger partial charge in [0, 0.05) is 42.0 Å². The molecule has 0 saturated heterocycles. The molecule has 0 unspecified atom stereocenters. The molecule has 5 rings (SSSR count). The molecule has 1 aliphatic rings. The summed E-state index contributed by atoms with van der Waals surface area (Å²) in [6.45, 7) is 1.49. The Bertz CT molecular complexity index is 1240. The summed E-state index contributed by atoms with van der Waals surface area (Å²) >= 11 is 0. The van der Waals surface area contributed by atoms with E-state index in [1.807, 2.05) is 11.0 Å². The minimum absolute atomic E-state index is 0.0388. The molecule has 0 bridgehead atoms. The molecular formula is C22H20N6O2. The number of pyridine rings is 1. The number of nitrogens with zero attached hydrogens (tertiary/aromatic N) is 4. The first-order valence-corrected chi connectivity index (χ1v) is 9.74. The molecule has 30 heavy (non-hydrogen) atoms. The maximum Gasteiger partial charge on any atom is 0.254 e. The van der Waals surface area contributed by atoms with Crippen LogP contribution in [0.25, 0.3) is 11.0 Å². The van der Waals surface area contributed by atoms with E-state index in [0.717, 1.165) is 23.1 Å². The number of hydrogen-bond donors (Lipinski definition) is 2. The van der Waals surface area contributed by atoms with E-state index >= 15 is 0 Å². The van der Waals surface area contributed by atoms with Crippen LogP contribution in [0.15, 0.2) is 55.0 Å². The van der Waals surface area contributed by atoms with Gasteiger partial charge >= 0.3 is 0 Å². The molecule has 0 fully saturated rings. The summed E-state index contributed by atoms with van der Waals surface area (Å²) in [6.07, 6.45) is 3.98. The lowest BCUT2D eigenvalue weighted by molar-refractivity contribution is 0.0732. The second-order valence-electron chi connectivity index (χ2n) is 7.14. The van der Waals surface area contributed by atoms with Gasteiger partial charge in [-0.1, -0.05) is 6.07 Å². The highest BCUT2D eigenvalue weighted by atomic mass is 16.5. The van der Waals surface area contributed by atoms with Crippen molar-refractivity contribution in [2.24, 2.45) is 5.73 Å². The number of benzene rings is 1. The van der Waals surface area contributed by atoms with E-state index in [2.05, 4.69) is 26.0 Å². The van der Waals surface area contributed by atoms with Crippen LogP contribution in [-0.2, 0) is 19.5 Å². The topological polar surface area (TPSA) is 110 Å². The highest BCUT2D eigenvalue weighted by Crippen LogP contribution is 2.28. The fraction of sp³-hybridized carbons (Fsp3) is 0.182. The van der Waals surface area contributed by atoms with Crippen LogP contribution in [0, 0.1) is 0 Å². The molecule has 0 aliphatic carbocycles. The molecule has 3 aromatic heterocycles. The Labute approximate surface area is 172 Å². The maximum atomic E-state index is 13.1. The lowest BCUT2D eigenvalue weighted by Crippen LogP contribution is -2.35. The normalized spacial score (nSPS) is 13.3. The van der Waals surface area contributed by atoms with Gasteiger partial charge in [-0.25, -0.2) is 15.0 Å². The SMILES string of the molecule is NCc1cc(Oc2cccc(C(=O)N3CCc4c([nH]c5ncccc45)C3)c2)ncn1. The predicted molar refractivity (Wildman–Crippen MR) is 111 cm³/mol. The van der Waals surface area contributed by atoms with E-state index in [0.29, 0.717) is 42.5 Å². The number of nitrogens with two attached hydrogens (primary N) is 1. The Balaban J connectivity index is 1.35. The number of fused-ring (bicyclic) bond motifs is 3. The summed E-state index contributed by atoms with van der Waals surface area (Å²) in [4.78, 5) is 30.9. The van der Waals surface area contributed by atoms with Crippen LogP contribution in [0.2, 0.25) is 0 Å². The van der Waals surface area contributed by atoms with Crippen molar-refractivity contribution in [3.05, 3.63) is 77.5 Å². The van der Waals surface area contributed by atoms with Crippen molar-refractivity contribution in [2.45, 2.75) is 19.5 Å². The van der Waals surface area contributed by atoms with E-state index in [1.54, 1.807) is 36.5 Å². The number of aromatic nitrogens is 4. The van der Waals surface area contributed by atoms with Gasteiger partial charge in [0.15, 0.2) is 0 Å². The Morgan fingerprint density at radius 2 is 2.10 bits per heavy atom. The number of H-pyrrole nitrogens is 1. The molecule has 4 aromatic rings. The third kappa shape index (κ3) is 3.37. The smallest absolute Gasteiger partial charge is 0.254 e. The van der Waals surface area contributed by atoms with Gasteiger partial charge in [-0.05, 0) is 42.3 Å². The van der Waals surface area contributed by atoms with Crippen molar-refractivity contribution in [1.82, 2.24) is 24.8 Å².